The van der Waals surface area contributed by atoms with Crippen LogP contribution in [0.3, 0.4) is 0 Å². The SMILES string of the molecule is CC(NC(=O)CN(CCC#N)CCN1CCOCC1)c1ccc(Br)cc1. The van der Waals surface area contributed by atoms with Crippen LogP contribution in [0.5, 0.6) is 0 Å². The molecule has 1 atom stereocenters. The van der Waals surface area contributed by atoms with Crippen LogP contribution in [0.2, 0.25) is 0 Å². The largest absolute Gasteiger partial charge is 0.379 e. The highest BCUT2D eigenvalue weighted by Crippen LogP contribution is 2.16. The van der Waals surface area contributed by atoms with E-state index in [1.807, 2.05) is 31.2 Å². The molecule has 6 nitrogen and oxygen atoms in total. The molecular weight excluding hydrogens is 396 g/mol. The van der Waals surface area contributed by atoms with Gasteiger partial charge in [0, 0.05) is 43.6 Å². The topological polar surface area (TPSA) is 68.6 Å². The highest BCUT2D eigenvalue weighted by Gasteiger charge is 2.16. The number of ether oxygens (including phenoxy) is 1. The zero-order chi connectivity index (χ0) is 18.8. The number of nitrogens with zero attached hydrogens (tertiary/aromatic N) is 3. The number of hydrogen-bond donors (Lipinski definition) is 1. The summed E-state index contributed by atoms with van der Waals surface area (Å²) in [5.41, 5.74) is 1.07. The minimum Gasteiger partial charge on any atom is -0.379 e. The summed E-state index contributed by atoms with van der Waals surface area (Å²) in [5.74, 6) is -0.0136. The molecule has 1 N–H and O–H groups in total. The van der Waals surface area contributed by atoms with Crippen molar-refractivity contribution in [3.63, 3.8) is 0 Å². The summed E-state index contributed by atoms with van der Waals surface area (Å²) in [4.78, 5) is 16.8. The van der Waals surface area contributed by atoms with Gasteiger partial charge in [-0.2, -0.15) is 5.26 Å². The predicted molar refractivity (Wildman–Crippen MR) is 105 cm³/mol. The monoisotopic (exact) mass is 422 g/mol. The first-order chi connectivity index (χ1) is 12.6. The number of amides is 1. The lowest BCUT2D eigenvalue weighted by molar-refractivity contribution is -0.123. The molecule has 142 valence electrons. The van der Waals surface area contributed by atoms with Crippen LogP contribution in [0.25, 0.3) is 0 Å². The smallest absolute Gasteiger partial charge is 0.234 e. The molecule has 1 heterocycles. The van der Waals surface area contributed by atoms with Gasteiger partial charge >= 0.3 is 0 Å². The molecule has 0 saturated carbocycles. The van der Waals surface area contributed by atoms with E-state index in [1.165, 1.54) is 0 Å². The number of benzene rings is 1. The molecule has 2 rings (SSSR count). The minimum atomic E-state index is -0.0485. The van der Waals surface area contributed by atoms with E-state index in [9.17, 15) is 4.79 Å². The summed E-state index contributed by atoms with van der Waals surface area (Å²) in [5, 5.41) is 11.9. The van der Waals surface area contributed by atoms with Gasteiger partial charge in [-0.25, -0.2) is 0 Å². The molecule has 0 aliphatic carbocycles. The van der Waals surface area contributed by atoms with E-state index in [1.54, 1.807) is 0 Å². The van der Waals surface area contributed by atoms with Gasteiger partial charge in [0.15, 0.2) is 0 Å². The van der Waals surface area contributed by atoms with Crippen LogP contribution in [-0.2, 0) is 9.53 Å². The number of nitriles is 1. The molecule has 1 aromatic carbocycles. The Morgan fingerprint density at radius 3 is 2.69 bits per heavy atom. The average Bonchev–Trinajstić information content (AvgIpc) is 2.65. The lowest BCUT2D eigenvalue weighted by atomic mass is 10.1. The minimum absolute atomic E-state index is 0.0136. The summed E-state index contributed by atoms with van der Waals surface area (Å²) < 4.78 is 6.38. The molecule has 7 heteroatoms. The van der Waals surface area contributed by atoms with E-state index < -0.39 is 0 Å². The van der Waals surface area contributed by atoms with Gasteiger partial charge in [-0.3, -0.25) is 14.6 Å². The van der Waals surface area contributed by atoms with Crippen LogP contribution in [0, 0.1) is 11.3 Å². The first-order valence-corrected chi connectivity index (χ1v) is 9.82. The zero-order valence-corrected chi connectivity index (χ0v) is 16.9. The van der Waals surface area contributed by atoms with Gasteiger partial charge in [0.1, 0.15) is 0 Å². The second kappa shape index (κ2) is 11.3. The van der Waals surface area contributed by atoms with Crippen LogP contribution >= 0.6 is 15.9 Å². The van der Waals surface area contributed by atoms with Gasteiger partial charge in [-0.15, -0.1) is 0 Å². The molecule has 1 aliphatic heterocycles. The van der Waals surface area contributed by atoms with Crippen molar-refractivity contribution in [3.8, 4) is 6.07 Å². The summed E-state index contributed by atoms with van der Waals surface area (Å²) in [6.45, 7) is 7.97. The lowest BCUT2D eigenvalue weighted by Crippen LogP contribution is -2.44. The summed E-state index contributed by atoms with van der Waals surface area (Å²) in [6.07, 6.45) is 0.429. The standard InChI is InChI=1S/C19H27BrN4O2/c1-16(17-3-5-18(20)6-4-17)22-19(25)15-24(8-2-7-21)10-9-23-11-13-26-14-12-23/h3-6,16H,2,8-15H2,1H3,(H,22,25). The second-order valence-corrected chi connectivity index (χ2v) is 7.39. The Morgan fingerprint density at radius 2 is 2.04 bits per heavy atom. The van der Waals surface area contributed by atoms with Gasteiger partial charge in [-0.1, -0.05) is 28.1 Å². The van der Waals surface area contributed by atoms with Crippen LogP contribution in [0.4, 0.5) is 0 Å². The van der Waals surface area contributed by atoms with Crippen molar-refractivity contribution in [1.82, 2.24) is 15.1 Å². The second-order valence-electron chi connectivity index (χ2n) is 6.48. The first-order valence-electron chi connectivity index (χ1n) is 9.02. The number of halogens is 1. The summed E-state index contributed by atoms with van der Waals surface area (Å²) >= 11 is 3.42. The number of carbonyl (C=O) groups is 1. The van der Waals surface area contributed by atoms with Gasteiger partial charge < -0.3 is 10.1 Å². The maximum absolute atomic E-state index is 12.4. The number of rotatable bonds is 9. The fourth-order valence-electron chi connectivity index (χ4n) is 2.91. The molecule has 1 aliphatic rings. The molecule has 1 saturated heterocycles. The molecule has 0 spiro atoms. The van der Waals surface area contributed by atoms with E-state index in [2.05, 4.69) is 37.1 Å². The molecule has 1 unspecified atom stereocenters. The van der Waals surface area contributed by atoms with E-state index in [4.69, 9.17) is 10.00 Å². The van der Waals surface area contributed by atoms with Gasteiger partial charge in [-0.05, 0) is 24.6 Å². The Labute approximate surface area is 164 Å². The quantitative estimate of drug-likeness (QED) is 0.660. The van der Waals surface area contributed by atoms with Crippen LogP contribution in [-0.4, -0.2) is 68.2 Å². The third kappa shape index (κ3) is 7.42. The molecule has 1 fully saturated rings. The molecule has 0 bridgehead atoms. The maximum atomic E-state index is 12.4. The van der Waals surface area contributed by atoms with Crippen molar-refractivity contribution >= 4 is 21.8 Å². The number of carbonyl (C=O) groups excluding carboxylic acids is 1. The average molecular weight is 423 g/mol. The number of nitrogens with one attached hydrogen (secondary N) is 1. The van der Waals surface area contributed by atoms with E-state index >= 15 is 0 Å². The Kier molecular flexibility index (Phi) is 9.06. The third-order valence-corrected chi connectivity index (χ3v) is 5.02. The zero-order valence-electron chi connectivity index (χ0n) is 15.3. The Bertz CT molecular complexity index is 597. The van der Waals surface area contributed by atoms with E-state index in [0.717, 1.165) is 49.4 Å². The highest BCUT2D eigenvalue weighted by molar-refractivity contribution is 9.10. The molecule has 0 radical (unpaired) electrons. The molecule has 0 aromatic heterocycles. The fraction of sp³-hybridized carbons (Fsp3) is 0.579. The summed E-state index contributed by atoms with van der Waals surface area (Å²) in [6, 6.07) is 10.1. The van der Waals surface area contributed by atoms with Crippen molar-refractivity contribution in [3.05, 3.63) is 34.3 Å². The Balaban J connectivity index is 1.82. The van der Waals surface area contributed by atoms with Crippen molar-refractivity contribution in [1.29, 1.82) is 5.26 Å². The fourth-order valence-corrected chi connectivity index (χ4v) is 3.17. The van der Waals surface area contributed by atoms with Crippen molar-refractivity contribution in [2.45, 2.75) is 19.4 Å². The van der Waals surface area contributed by atoms with Crippen LogP contribution in [0.15, 0.2) is 28.7 Å². The Hall–Kier alpha value is -1.46. The molecular formula is C19H27BrN4O2. The predicted octanol–water partition coefficient (Wildman–Crippen LogP) is 2.17. The lowest BCUT2D eigenvalue weighted by Gasteiger charge is -2.29. The molecule has 26 heavy (non-hydrogen) atoms. The van der Waals surface area contributed by atoms with E-state index in [0.29, 0.717) is 19.5 Å². The summed E-state index contributed by atoms with van der Waals surface area (Å²) in [7, 11) is 0. The van der Waals surface area contributed by atoms with Crippen molar-refractivity contribution in [2.24, 2.45) is 0 Å². The number of morpholine rings is 1. The Morgan fingerprint density at radius 1 is 1.35 bits per heavy atom. The third-order valence-electron chi connectivity index (χ3n) is 4.49. The van der Waals surface area contributed by atoms with Crippen molar-refractivity contribution in [2.75, 3.05) is 52.5 Å². The van der Waals surface area contributed by atoms with Gasteiger partial charge in [0.25, 0.3) is 0 Å². The highest BCUT2D eigenvalue weighted by atomic mass is 79.9. The first kappa shape index (κ1) is 20.8. The van der Waals surface area contributed by atoms with Gasteiger partial charge in [0.2, 0.25) is 5.91 Å². The van der Waals surface area contributed by atoms with Crippen LogP contribution < -0.4 is 5.32 Å². The maximum Gasteiger partial charge on any atom is 0.234 e. The molecule has 1 aromatic rings. The van der Waals surface area contributed by atoms with Crippen LogP contribution in [0.1, 0.15) is 24.9 Å². The molecule has 1 amide bonds. The van der Waals surface area contributed by atoms with E-state index in [-0.39, 0.29) is 11.9 Å². The van der Waals surface area contributed by atoms with Crippen molar-refractivity contribution < 1.29 is 9.53 Å². The van der Waals surface area contributed by atoms with Gasteiger partial charge in [0.05, 0.1) is 31.9 Å². The normalized spacial score (nSPS) is 16.2. The number of hydrogen-bond acceptors (Lipinski definition) is 5.